The number of hydrogen-bond acceptors (Lipinski definition) is 5. The second-order valence-electron chi connectivity index (χ2n) is 5.16. The van der Waals surface area contributed by atoms with Crippen molar-refractivity contribution >= 4 is 63.7 Å². The van der Waals surface area contributed by atoms with Crippen molar-refractivity contribution in [2.75, 3.05) is 0 Å². The van der Waals surface area contributed by atoms with Gasteiger partial charge in [-0.25, -0.2) is 8.42 Å². The van der Waals surface area contributed by atoms with Gasteiger partial charge in [0.25, 0.3) is 0 Å². The predicted octanol–water partition coefficient (Wildman–Crippen LogP) is 4.01. The zero-order valence-electron chi connectivity index (χ0n) is 12.8. The molecule has 22 heavy (non-hydrogen) atoms. The van der Waals surface area contributed by atoms with Gasteiger partial charge in [-0.15, -0.1) is 34.0 Å². The summed E-state index contributed by atoms with van der Waals surface area (Å²) in [5, 5.41) is 6.43. The Hall–Kier alpha value is -0.950. The Labute approximate surface area is 142 Å². The number of thiophene rings is 3. The van der Waals surface area contributed by atoms with Gasteiger partial charge in [0.2, 0.25) is 0 Å². The first-order valence-electron chi connectivity index (χ1n) is 6.77. The number of aryl methyl sites for hydroxylation is 2. The maximum atomic E-state index is 11.5. The summed E-state index contributed by atoms with van der Waals surface area (Å²) in [6.07, 6.45) is 0. The molecule has 4 rings (SSSR count). The topological polar surface area (TPSA) is 34.1 Å². The third kappa shape index (κ3) is 2.38. The number of sulfone groups is 1. The van der Waals surface area contributed by atoms with Crippen molar-refractivity contribution in [3.63, 3.8) is 0 Å². The molecule has 0 bridgehead atoms. The molecule has 0 saturated carbocycles. The molecule has 0 amide bonds. The molecule has 116 valence electrons. The fourth-order valence-electron chi connectivity index (χ4n) is 2.55. The van der Waals surface area contributed by atoms with E-state index in [1.54, 1.807) is 13.8 Å². The molecule has 0 fully saturated rings. The minimum atomic E-state index is -3.08. The van der Waals surface area contributed by atoms with E-state index >= 15 is 0 Å². The maximum Gasteiger partial charge on any atom is 0.200 e. The molecule has 1 aliphatic heterocycles. The van der Waals surface area contributed by atoms with E-state index in [4.69, 9.17) is 0 Å². The van der Waals surface area contributed by atoms with E-state index in [0.717, 1.165) is 9.75 Å². The van der Waals surface area contributed by atoms with Crippen molar-refractivity contribution in [1.29, 1.82) is 0 Å². The second-order valence-corrected chi connectivity index (χ2v) is 10.6. The van der Waals surface area contributed by atoms with Crippen LogP contribution in [0.2, 0.25) is 0 Å². The van der Waals surface area contributed by atoms with Crippen molar-refractivity contribution in [1.82, 2.24) is 0 Å². The van der Waals surface area contributed by atoms with Gasteiger partial charge in [0.15, 0.2) is 9.84 Å². The van der Waals surface area contributed by atoms with Gasteiger partial charge in [0.1, 0.15) is 0 Å². The number of fused-ring (bicyclic) bond motifs is 2. The fourth-order valence-corrected chi connectivity index (χ4v) is 7.34. The quantitative estimate of drug-likeness (QED) is 0.601. The monoisotopic (exact) mass is 368 g/mol. The molecule has 6 heteroatoms. The minimum absolute atomic E-state index is 0.497. The van der Waals surface area contributed by atoms with Gasteiger partial charge in [0.05, 0.1) is 9.81 Å². The molecule has 4 heterocycles. The summed E-state index contributed by atoms with van der Waals surface area (Å²) in [4.78, 5) is 3.91. The lowest BCUT2D eigenvalue weighted by molar-refractivity contribution is 0.614. The van der Waals surface area contributed by atoms with Crippen molar-refractivity contribution < 1.29 is 8.42 Å². The van der Waals surface area contributed by atoms with Gasteiger partial charge in [-0.1, -0.05) is 0 Å². The van der Waals surface area contributed by atoms with Gasteiger partial charge >= 0.3 is 0 Å². The van der Waals surface area contributed by atoms with Crippen LogP contribution in [0.15, 0.2) is 22.9 Å². The van der Waals surface area contributed by atoms with Crippen LogP contribution in [-0.2, 0) is 9.84 Å². The predicted molar refractivity (Wildman–Crippen MR) is 99.8 cm³/mol. The molecule has 0 radical (unpaired) electrons. The molecule has 3 aromatic heterocycles. The Morgan fingerprint density at radius 2 is 1.55 bits per heavy atom. The fraction of sp³-hybridized carbons (Fsp3) is 0.250. The zero-order chi connectivity index (χ0) is 16.1. The van der Waals surface area contributed by atoms with E-state index in [2.05, 4.69) is 25.3 Å². The molecule has 1 aliphatic rings. The van der Waals surface area contributed by atoms with Crippen molar-refractivity contribution in [2.24, 2.45) is 0 Å². The summed E-state index contributed by atoms with van der Waals surface area (Å²) in [6, 6.07) is 4.07. The summed E-state index contributed by atoms with van der Waals surface area (Å²) in [6.45, 7) is 7.71. The lowest BCUT2D eigenvalue weighted by Gasteiger charge is -1.95. The molecule has 0 atom stereocenters. The first-order chi connectivity index (χ1) is 10.3. The lowest BCUT2D eigenvalue weighted by Crippen LogP contribution is -2.15. The Balaban J connectivity index is 0.000000133. The Morgan fingerprint density at radius 3 is 2.18 bits per heavy atom. The Morgan fingerprint density at radius 1 is 0.864 bits per heavy atom. The Bertz CT molecular complexity index is 1000. The highest BCUT2D eigenvalue weighted by atomic mass is 32.2. The summed E-state index contributed by atoms with van der Waals surface area (Å²) in [5.41, 5.74) is 0. The van der Waals surface area contributed by atoms with Gasteiger partial charge in [-0.3, -0.25) is 0 Å². The first kappa shape index (κ1) is 15.9. The molecule has 0 aliphatic carbocycles. The van der Waals surface area contributed by atoms with E-state index in [-0.39, 0.29) is 0 Å². The lowest BCUT2D eigenvalue weighted by atomic mass is 10.3. The van der Waals surface area contributed by atoms with Crippen LogP contribution in [0.1, 0.15) is 23.6 Å². The van der Waals surface area contributed by atoms with E-state index in [0.29, 0.717) is 9.81 Å². The third-order valence-electron chi connectivity index (χ3n) is 3.84. The maximum absolute atomic E-state index is 11.5. The molecule has 0 unspecified atom stereocenters. The SMILES string of the molecule is CC1=c2ccsc2=C(C)S1(=O)=O.Cc1sc(C)c2sccc12. The molecule has 3 aromatic rings. The average molecular weight is 369 g/mol. The highest BCUT2D eigenvalue weighted by Crippen LogP contribution is 2.33. The second kappa shape index (κ2) is 5.60. The van der Waals surface area contributed by atoms with Gasteiger partial charge < -0.3 is 0 Å². The van der Waals surface area contributed by atoms with E-state index in [1.165, 1.54) is 31.2 Å². The smallest absolute Gasteiger partial charge is 0.200 e. The van der Waals surface area contributed by atoms with Gasteiger partial charge in [-0.05, 0) is 50.6 Å². The summed E-state index contributed by atoms with van der Waals surface area (Å²) in [7, 11) is -3.08. The number of hydrogen-bond donors (Lipinski definition) is 0. The van der Waals surface area contributed by atoms with E-state index in [1.807, 2.05) is 34.1 Å². The van der Waals surface area contributed by atoms with Crippen LogP contribution in [0, 0.1) is 13.8 Å². The first-order valence-corrected chi connectivity index (χ1v) is 10.8. The van der Waals surface area contributed by atoms with Crippen molar-refractivity contribution in [3.05, 3.63) is 42.4 Å². The van der Waals surface area contributed by atoms with E-state index in [9.17, 15) is 8.42 Å². The minimum Gasteiger partial charge on any atom is -0.219 e. The van der Waals surface area contributed by atoms with Crippen LogP contribution in [0.25, 0.3) is 19.9 Å². The van der Waals surface area contributed by atoms with Crippen LogP contribution in [0.4, 0.5) is 0 Å². The summed E-state index contributed by atoms with van der Waals surface area (Å²) >= 11 is 5.23. The summed E-state index contributed by atoms with van der Waals surface area (Å²) < 4.78 is 25.5. The van der Waals surface area contributed by atoms with Gasteiger partial charge in [-0.2, -0.15) is 0 Å². The largest absolute Gasteiger partial charge is 0.219 e. The average Bonchev–Trinajstić information content (AvgIpc) is 3.20. The molecular weight excluding hydrogens is 352 g/mol. The van der Waals surface area contributed by atoms with E-state index < -0.39 is 9.84 Å². The molecular formula is C16H16O2S4. The molecule has 0 spiro atoms. The highest BCUT2D eigenvalue weighted by molar-refractivity contribution is 8.08. The molecule has 0 N–H and O–H groups in total. The van der Waals surface area contributed by atoms with Crippen LogP contribution in [-0.4, -0.2) is 8.42 Å². The highest BCUT2D eigenvalue weighted by Gasteiger charge is 2.24. The summed E-state index contributed by atoms with van der Waals surface area (Å²) in [5.74, 6) is 0. The van der Waals surface area contributed by atoms with Crippen LogP contribution in [0.5, 0.6) is 0 Å². The van der Waals surface area contributed by atoms with Crippen LogP contribution < -0.4 is 9.75 Å². The zero-order valence-corrected chi connectivity index (χ0v) is 16.0. The third-order valence-corrected chi connectivity index (χ3v) is 9.24. The normalized spacial score (nSPS) is 15.8. The molecule has 0 aromatic carbocycles. The molecule has 0 saturated heterocycles. The van der Waals surface area contributed by atoms with Crippen LogP contribution >= 0.6 is 34.0 Å². The van der Waals surface area contributed by atoms with Crippen molar-refractivity contribution in [2.45, 2.75) is 27.7 Å². The number of rotatable bonds is 0. The van der Waals surface area contributed by atoms with Gasteiger partial charge in [0, 0.05) is 29.6 Å². The van der Waals surface area contributed by atoms with Crippen molar-refractivity contribution in [3.8, 4) is 0 Å². The Kier molecular flexibility index (Phi) is 4.05. The molecule has 2 nitrogen and oxygen atoms in total. The van der Waals surface area contributed by atoms with Crippen LogP contribution in [0.3, 0.4) is 0 Å². The standard InChI is InChI=1S/C8H8O2S2.C8H8S2/c1-5-7-3-4-11-8(7)6(2)12(5,9)10;1-5-7-3-4-9-8(7)6(2)10-5/h3-4H,1-2H3;3-4H,1-2H3.